The zero-order valence-electron chi connectivity index (χ0n) is 12.4. The molecule has 3 rings (SSSR count). The van der Waals surface area contributed by atoms with Crippen LogP contribution < -0.4 is 4.74 Å². The smallest absolute Gasteiger partial charge is 0.339 e. The maximum Gasteiger partial charge on any atom is 0.339 e. The molecule has 0 saturated carbocycles. The van der Waals surface area contributed by atoms with Gasteiger partial charge in [-0.05, 0) is 25.1 Å². The Morgan fingerprint density at radius 2 is 1.96 bits per heavy atom. The maximum absolute atomic E-state index is 11.7. The van der Waals surface area contributed by atoms with Crippen LogP contribution in [0.15, 0.2) is 48.5 Å². The minimum atomic E-state index is -1.11. The first-order valence-corrected chi connectivity index (χ1v) is 7.54. The Labute approximate surface area is 138 Å². The molecule has 0 radical (unpaired) electrons. The number of carbonyl (C=O) groups is 1. The lowest BCUT2D eigenvalue weighted by atomic mass is 10.0. The second-order valence-corrected chi connectivity index (χ2v) is 5.31. The van der Waals surface area contributed by atoms with Crippen molar-refractivity contribution >= 4 is 28.5 Å². The number of aromatic carboxylic acids is 1. The van der Waals surface area contributed by atoms with Crippen LogP contribution in [-0.2, 0) is 0 Å². The molecular weight excluding hydrogens is 314 g/mol. The lowest BCUT2D eigenvalue weighted by Crippen LogP contribution is -2.04. The van der Waals surface area contributed by atoms with Crippen LogP contribution in [0.2, 0.25) is 5.02 Å². The second-order valence-electron chi connectivity index (χ2n) is 4.93. The fourth-order valence-electron chi connectivity index (χ4n) is 2.46. The summed E-state index contributed by atoms with van der Waals surface area (Å²) in [6, 6.07) is 14.4. The largest absolute Gasteiger partial charge is 0.494 e. The molecule has 0 fully saturated rings. The number of hydrogen-bond acceptors (Lipinski definition) is 3. The van der Waals surface area contributed by atoms with Gasteiger partial charge in [-0.1, -0.05) is 41.9 Å². The normalized spacial score (nSPS) is 10.7. The predicted molar refractivity (Wildman–Crippen MR) is 90.3 cm³/mol. The molecule has 23 heavy (non-hydrogen) atoms. The zero-order valence-corrected chi connectivity index (χ0v) is 13.2. The lowest BCUT2D eigenvalue weighted by molar-refractivity contribution is 0.0697. The molecule has 0 aliphatic heterocycles. The zero-order chi connectivity index (χ0) is 16.4. The SMILES string of the molecule is CCOc1ccc2nc(-c3ccccc3)c(C(=O)O)c(Cl)c2c1. The van der Waals surface area contributed by atoms with E-state index in [0.717, 1.165) is 0 Å². The van der Waals surface area contributed by atoms with Crippen LogP contribution in [-0.4, -0.2) is 22.7 Å². The van der Waals surface area contributed by atoms with Crippen molar-refractivity contribution in [2.45, 2.75) is 6.92 Å². The Kier molecular flexibility index (Phi) is 4.17. The third-order valence-electron chi connectivity index (χ3n) is 3.47. The van der Waals surface area contributed by atoms with Crippen molar-refractivity contribution in [2.75, 3.05) is 6.61 Å². The summed E-state index contributed by atoms with van der Waals surface area (Å²) >= 11 is 6.39. The van der Waals surface area contributed by atoms with E-state index in [1.54, 1.807) is 18.2 Å². The first-order valence-electron chi connectivity index (χ1n) is 7.16. The minimum absolute atomic E-state index is 0.000912. The number of carboxylic acid groups (broad SMARTS) is 1. The van der Waals surface area contributed by atoms with E-state index in [1.165, 1.54) is 0 Å². The summed E-state index contributed by atoms with van der Waals surface area (Å²) in [5, 5.41) is 10.3. The van der Waals surface area contributed by atoms with Crippen molar-refractivity contribution in [3.8, 4) is 17.0 Å². The van der Waals surface area contributed by atoms with Crippen molar-refractivity contribution in [2.24, 2.45) is 0 Å². The highest BCUT2D eigenvalue weighted by atomic mass is 35.5. The number of halogens is 1. The van der Waals surface area contributed by atoms with E-state index in [0.29, 0.717) is 34.5 Å². The molecule has 0 unspecified atom stereocenters. The number of nitrogens with zero attached hydrogens (tertiary/aromatic N) is 1. The van der Waals surface area contributed by atoms with Gasteiger partial charge in [0.1, 0.15) is 11.3 Å². The highest BCUT2D eigenvalue weighted by molar-refractivity contribution is 6.39. The number of benzene rings is 2. The monoisotopic (exact) mass is 327 g/mol. The van der Waals surface area contributed by atoms with Gasteiger partial charge < -0.3 is 9.84 Å². The molecule has 0 atom stereocenters. The summed E-state index contributed by atoms with van der Waals surface area (Å²) in [5.74, 6) is -0.474. The van der Waals surface area contributed by atoms with Crippen molar-refractivity contribution in [1.82, 2.24) is 4.98 Å². The van der Waals surface area contributed by atoms with E-state index >= 15 is 0 Å². The number of aromatic nitrogens is 1. The van der Waals surface area contributed by atoms with Crippen LogP contribution in [0, 0.1) is 0 Å². The Balaban J connectivity index is 2.31. The number of ether oxygens (including phenoxy) is 1. The van der Waals surface area contributed by atoms with Gasteiger partial charge in [0, 0.05) is 10.9 Å². The molecular formula is C18H14ClNO3. The summed E-state index contributed by atoms with van der Waals surface area (Å²) in [6.45, 7) is 2.40. The number of fused-ring (bicyclic) bond motifs is 1. The van der Waals surface area contributed by atoms with Gasteiger partial charge in [0.05, 0.1) is 22.8 Å². The molecule has 3 aromatic rings. The van der Waals surface area contributed by atoms with E-state index in [2.05, 4.69) is 4.98 Å². The molecule has 1 heterocycles. The maximum atomic E-state index is 11.7. The van der Waals surface area contributed by atoms with Gasteiger partial charge in [-0.15, -0.1) is 0 Å². The fourth-order valence-corrected chi connectivity index (χ4v) is 2.78. The summed E-state index contributed by atoms with van der Waals surface area (Å²) in [5.41, 5.74) is 1.70. The van der Waals surface area contributed by atoms with Gasteiger partial charge in [-0.3, -0.25) is 0 Å². The van der Waals surface area contributed by atoms with Crippen LogP contribution in [0.3, 0.4) is 0 Å². The quantitative estimate of drug-likeness (QED) is 0.757. The predicted octanol–water partition coefficient (Wildman–Crippen LogP) is 4.65. The van der Waals surface area contributed by atoms with Gasteiger partial charge in [-0.2, -0.15) is 0 Å². The van der Waals surface area contributed by atoms with E-state index in [1.807, 2.05) is 37.3 Å². The van der Waals surface area contributed by atoms with Crippen LogP contribution >= 0.6 is 11.6 Å². The van der Waals surface area contributed by atoms with Crippen LogP contribution in [0.5, 0.6) is 5.75 Å². The highest BCUT2D eigenvalue weighted by Gasteiger charge is 2.21. The van der Waals surface area contributed by atoms with Crippen molar-refractivity contribution in [1.29, 1.82) is 0 Å². The van der Waals surface area contributed by atoms with E-state index in [-0.39, 0.29) is 10.6 Å². The highest BCUT2D eigenvalue weighted by Crippen LogP contribution is 2.35. The molecule has 0 aliphatic carbocycles. The molecule has 4 nitrogen and oxygen atoms in total. The molecule has 1 aromatic heterocycles. The average molecular weight is 328 g/mol. The molecule has 116 valence electrons. The van der Waals surface area contributed by atoms with Crippen LogP contribution in [0.25, 0.3) is 22.2 Å². The Hall–Kier alpha value is -2.59. The third-order valence-corrected chi connectivity index (χ3v) is 3.86. The topological polar surface area (TPSA) is 59.4 Å². The lowest BCUT2D eigenvalue weighted by Gasteiger charge is -2.12. The fraction of sp³-hybridized carbons (Fsp3) is 0.111. The summed E-state index contributed by atoms with van der Waals surface area (Å²) in [4.78, 5) is 16.2. The third kappa shape index (κ3) is 2.85. The average Bonchev–Trinajstić information content (AvgIpc) is 2.56. The second kappa shape index (κ2) is 6.26. The van der Waals surface area contributed by atoms with Gasteiger partial charge >= 0.3 is 5.97 Å². The van der Waals surface area contributed by atoms with Crippen molar-refractivity contribution in [3.63, 3.8) is 0 Å². The van der Waals surface area contributed by atoms with Gasteiger partial charge in [-0.25, -0.2) is 9.78 Å². The van der Waals surface area contributed by atoms with Crippen LogP contribution in [0.4, 0.5) is 0 Å². The Morgan fingerprint density at radius 1 is 1.22 bits per heavy atom. The molecule has 0 bridgehead atoms. The molecule has 0 spiro atoms. The molecule has 0 amide bonds. The van der Waals surface area contributed by atoms with Crippen molar-refractivity contribution in [3.05, 3.63) is 59.1 Å². The van der Waals surface area contributed by atoms with E-state index in [9.17, 15) is 9.90 Å². The summed E-state index contributed by atoms with van der Waals surface area (Å²) in [7, 11) is 0. The summed E-state index contributed by atoms with van der Waals surface area (Å²) < 4.78 is 5.45. The van der Waals surface area contributed by atoms with Gasteiger partial charge in [0.2, 0.25) is 0 Å². The number of rotatable bonds is 4. The Morgan fingerprint density at radius 3 is 2.61 bits per heavy atom. The molecule has 0 saturated heterocycles. The molecule has 2 aromatic carbocycles. The van der Waals surface area contributed by atoms with Gasteiger partial charge in [0.15, 0.2) is 0 Å². The van der Waals surface area contributed by atoms with E-state index in [4.69, 9.17) is 16.3 Å². The number of hydrogen-bond donors (Lipinski definition) is 1. The van der Waals surface area contributed by atoms with Gasteiger partial charge in [0.25, 0.3) is 0 Å². The molecule has 0 aliphatic rings. The first kappa shape index (κ1) is 15.3. The molecule has 5 heteroatoms. The minimum Gasteiger partial charge on any atom is -0.494 e. The number of carboxylic acids is 1. The standard InChI is InChI=1S/C18H14ClNO3/c1-2-23-12-8-9-14-13(10-12)16(19)15(18(21)22)17(20-14)11-6-4-3-5-7-11/h3-10H,2H2,1H3,(H,21,22). The summed E-state index contributed by atoms with van der Waals surface area (Å²) in [6.07, 6.45) is 0. The first-order chi connectivity index (χ1) is 11.1. The van der Waals surface area contributed by atoms with E-state index < -0.39 is 5.97 Å². The Bertz CT molecular complexity index is 878. The van der Waals surface area contributed by atoms with Crippen molar-refractivity contribution < 1.29 is 14.6 Å². The molecule has 1 N–H and O–H groups in total. The van der Waals surface area contributed by atoms with Crippen LogP contribution in [0.1, 0.15) is 17.3 Å². The number of pyridine rings is 1.